The minimum atomic E-state index is -0.196. The fourth-order valence-electron chi connectivity index (χ4n) is 2.59. The number of benzene rings is 1. The second kappa shape index (κ2) is 8.09. The van der Waals surface area contributed by atoms with Crippen LogP contribution in [0.15, 0.2) is 30.3 Å². The topological polar surface area (TPSA) is 27.7 Å². The lowest BCUT2D eigenvalue weighted by Crippen LogP contribution is -2.49. The van der Waals surface area contributed by atoms with Gasteiger partial charge in [0, 0.05) is 6.61 Å². The maximum absolute atomic E-state index is 6.13. The van der Waals surface area contributed by atoms with Gasteiger partial charge < -0.3 is 14.2 Å². The molecule has 0 N–H and O–H groups in total. The van der Waals surface area contributed by atoms with Crippen molar-refractivity contribution >= 4 is 0 Å². The van der Waals surface area contributed by atoms with Gasteiger partial charge in [-0.1, -0.05) is 43.7 Å². The summed E-state index contributed by atoms with van der Waals surface area (Å²) in [6, 6.07) is 10.3. The molecular weight excluding hydrogens is 276 g/mol. The van der Waals surface area contributed by atoms with Gasteiger partial charge in [0.25, 0.3) is 0 Å². The van der Waals surface area contributed by atoms with E-state index >= 15 is 0 Å². The summed E-state index contributed by atoms with van der Waals surface area (Å²) in [6.45, 7) is 9.26. The van der Waals surface area contributed by atoms with Crippen molar-refractivity contribution < 1.29 is 14.2 Å². The molecule has 1 aromatic carbocycles. The highest BCUT2D eigenvalue weighted by Gasteiger charge is 2.39. The fourth-order valence-corrected chi connectivity index (χ4v) is 2.59. The highest BCUT2D eigenvalue weighted by atomic mass is 16.6. The lowest BCUT2D eigenvalue weighted by molar-refractivity contribution is -0.197. The molecule has 124 valence electrons. The Balaban J connectivity index is 1.75. The van der Waals surface area contributed by atoms with Crippen molar-refractivity contribution in [3.05, 3.63) is 35.9 Å². The van der Waals surface area contributed by atoms with Crippen LogP contribution in [0.3, 0.4) is 0 Å². The first-order valence-electron chi connectivity index (χ1n) is 8.45. The van der Waals surface area contributed by atoms with E-state index in [0.29, 0.717) is 19.8 Å². The molecule has 1 fully saturated rings. The second-order valence-electron chi connectivity index (χ2n) is 6.87. The van der Waals surface area contributed by atoms with Crippen LogP contribution >= 0.6 is 0 Å². The maximum atomic E-state index is 6.13. The predicted octanol–water partition coefficient (Wildman–Crippen LogP) is 4.35. The summed E-state index contributed by atoms with van der Waals surface area (Å²) in [5, 5.41) is 0. The van der Waals surface area contributed by atoms with Crippen LogP contribution in [0.1, 0.15) is 52.0 Å². The Morgan fingerprint density at radius 2 is 1.91 bits per heavy atom. The van der Waals surface area contributed by atoms with Crippen LogP contribution in [0.5, 0.6) is 0 Å². The van der Waals surface area contributed by atoms with E-state index in [1.54, 1.807) is 0 Å². The molecule has 3 nitrogen and oxygen atoms in total. The molecule has 0 spiro atoms. The molecule has 3 heteroatoms. The third kappa shape index (κ3) is 5.38. The quantitative estimate of drug-likeness (QED) is 0.668. The lowest BCUT2D eigenvalue weighted by atomic mass is 9.88. The first-order chi connectivity index (χ1) is 10.6. The summed E-state index contributed by atoms with van der Waals surface area (Å²) in [5.41, 5.74) is 0.849. The first-order valence-corrected chi connectivity index (χ1v) is 8.45. The highest BCUT2D eigenvalue weighted by Crippen LogP contribution is 2.33. The fraction of sp³-hybridized carbons (Fsp3) is 0.684. The summed E-state index contributed by atoms with van der Waals surface area (Å²) in [7, 11) is 0. The molecule has 1 aliphatic rings. The van der Waals surface area contributed by atoms with E-state index < -0.39 is 0 Å². The van der Waals surface area contributed by atoms with E-state index in [4.69, 9.17) is 14.2 Å². The van der Waals surface area contributed by atoms with Crippen molar-refractivity contribution in [1.82, 2.24) is 0 Å². The Labute approximate surface area is 135 Å². The van der Waals surface area contributed by atoms with Crippen LogP contribution in [0.2, 0.25) is 0 Å². The zero-order chi connectivity index (χ0) is 15.9. The minimum absolute atomic E-state index is 0.163. The van der Waals surface area contributed by atoms with Gasteiger partial charge in [-0.05, 0) is 38.7 Å². The molecular formula is C19H30O3. The molecule has 1 heterocycles. The van der Waals surface area contributed by atoms with Gasteiger partial charge in [0.1, 0.15) is 0 Å². The van der Waals surface area contributed by atoms with Gasteiger partial charge in [0.2, 0.25) is 0 Å². The van der Waals surface area contributed by atoms with Crippen LogP contribution in [0, 0.1) is 0 Å². The molecule has 2 atom stereocenters. The molecule has 0 bridgehead atoms. The molecule has 22 heavy (non-hydrogen) atoms. The van der Waals surface area contributed by atoms with E-state index in [-0.39, 0.29) is 11.2 Å². The van der Waals surface area contributed by atoms with E-state index in [1.807, 2.05) is 18.2 Å². The average Bonchev–Trinajstić information content (AvgIpc) is 2.55. The van der Waals surface area contributed by atoms with Gasteiger partial charge >= 0.3 is 0 Å². The van der Waals surface area contributed by atoms with Gasteiger partial charge in [-0.3, -0.25) is 0 Å². The molecule has 0 saturated carbocycles. The van der Waals surface area contributed by atoms with Gasteiger partial charge in [-0.2, -0.15) is 0 Å². The van der Waals surface area contributed by atoms with Crippen LogP contribution in [0.4, 0.5) is 0 Å². The monoisotopic (exact) mass is 306 g/mol. The Morgan fingerprint density at radius 1 is 1.14 bits per heavy atom. The normalized spacial score (nSPS) is 28.7. The van der Waals surface area contributed by atoms with Gasteiger partial charge in [-0.25, -0.2) is 0 Å². The molecule has 0 aliphatic carbocycles. The molecule has 0 aromatic heterocycles. The van der Waals surface area contributed by atoms with Gasteiger partial charge in [0.05, 0.1) is 31.0 Å². The number of rotatable bonds is 8. The largest absolute Gasteiger partial charge is 0.378 e. The standard InChI is InChI=1S/C19H30O3/c1-4-5-13-20-15-18(2)11-12-19(3,16-22-18)21-14-17-9-7-6-8-10-17/h6-10H,4-5,11-16H2,1-3H3. The van der Waals surface area contributed by atoms with E-state index in [1.165, 1.54) is 12.0 Å². The lowest BCUT2D eigenvalue weighted by Gasteiger charge is -2.42. The number of unbranched alkanes of at least 4 members (excludes halogenated alkanes) is 1. The molecule has 1 saturated heterocycles. The van der Waals surface area contributed by atoms with Crippen LogP contribution in [0.25, 0.3) is 0 Å². The molecule has 0 amide bonds. The minimum Gasteiger partial charge on any atom is -0.378 e. The summed E-state index contributed by atoms with van der Waals surface area (Å²) >= 11 is 0. The summed E-state index contributed by atoms with van der Waals surface area (Å²) < 4.78 is 18.0. The van der Waals surface area contributed by atoms with Crippen LogP contribution in [-0.2, 0) is 20.8 Å². The van der Waals surface area contributed by atoms with Crippen molar-refractivity contribution in [3.63, 3.8) is 0 Å². The van der Waals surface area contributed by atoms with Crippen molar-refractivity contribution in [1.29, 1.82) is 0 Å². The summed E-state index contributed by atoms with van der Waals surface area (Å²) in [5.74, 6) is 0. The van der Waals surface area contributed by atoms with Crippen LogP contribution in [-0.4, -0.2) is 31.0 Å². The average molecular weight is 306 g/mol. The molecule has 1 aromatic rings. The highest BCUT2D eigenvalue weighted by molar-refractivity contribution is 5.13. The van der Waals surface area contributed by atoms with Crippen molar-refractivity contribution in [2.24, 2.45) is 0 Å². The van der Waals surface area contributed by atoms with Gasteiger partial charge in [0.15, 0.2) is 0 Å². The number of hydrogen-bond acceptors (Lipinski definition) is 3. The molecule has 2 rings (SSSR count). The smallest absolute Gasteiger partial charge is 0.0892 e. The van der Waals surface area contributed by atoms with E-state index in [2.05, 4.69) is 32.9 Å². The van der Waals surface area contributed by atoms with Crippen molar-refractivity contribution in [3.8, 4) is 0 Å². The Kier molecular flexibility index (Phi) is 6.42. The Bertz CT molecular complexity index is 422. The Hall–Kier alpha value is -0.900. The Morgan fingerprint density at radius 3 is 2.55 bits per heavy atom. The van der Waals surface area contributed by atoms with Crippen molar-refractivity contribution in [2.45, 2.75) is 64.3 Å². The van der Waals surface area contributed by atoms with Crippen LogP contribution < -0.4 is 0 Å². The first kappa shape index (κ1) is 17.5. The van der Waals surface area contributed by atoms with E-state index in [0.717, 1.165) is 25.9 Å². The molecule has 0 radical (unpaired) electrons. The maximum Gasteiger partial charge on any atom is 0.0892 e. The van der Waals surface area contributed by atoms with Crippen molar-refractivity contribution in [2.75, 3.05) is 19.8 Å². The second-order valence-corrected chi connectivity index (χ2v) is 6.87. The molecule has 1 aliphatic heterocycles. The zero-order valence-corrected chi connectivity index (χ0v) is 14.3. The number of hydrogen-bond donors (Lipinski definition) is 0. The zero-order valence-electron chi connectivity index (χ0n) is 14.3. The summed E-state index contributed by atoms with van der Waals surface area (Å²) in [4.78, 5) is 0. The summed E-state index contributed by atoms with van der Waals surface area (Å²) in [6.07, 6.45) is 4.27. The van der Waals surface area contributed by atoms with Gasteiger partial charge in [-0.15, -0.1) is 0 Å². The molecule has 2 unspecified atom stereocenters. The third-order valence-electron chi connectivity index (χ3n) is 4.39. The predicted molar refractivity (Wildman–Crippen MR) is 89.0 cm³/mol. The third-order valence-corrected chi connectivity index (χ3v) is 4.39. The SMILES string of the molecule is CCCCOCC1(C)CCC(C)(OCc2ccccc2)CO1. The number of ether oxygens (including phenoxy) is 3. The van der Waals surface area contributed by atoms with E-state index in [9.17, 15) is 0 Å².